The zero-order valence-corrected chi connectivity index (χ0v) is 16.6. The molecule has 0 bridgehead atoms. The summed E-state index contributed by atoms with van der Waals surface area (Å²) >= 11 is 0. The van der Waals surface area contributed by atoms with Gasteiger partial charge < -0.3 is 0 Å². The first-order valence-corrected chi connectivity index (χ1v) is 9.84. The maximum atomic E-state index is 13.3. The molecule has 0 N–H and O–H groups in total. The predicted molar refractivity (Wildman–Crippen MR) is 104 cm³/mol. The zero-order valence-electron chi connectivity index (χ0n) is 15.0. The average Bonchev–Trinajstić information content (AvgIpc) is 2.55. The smallest absolute Gasteiger partial charge is 0.243 e. The molecule has 1 heterocycles. The first-order chi connectivity index (χ1) is 11.9. The van der Waals surface area contributed by atoms with Crippen molar-refractivity contribution in [3.63, 3.8) is 0 Å². The van der Waals surface area contributed by atoms with Crippen molar-refractivity contribution in [1.29, 1.82) is 0 Å². The topological polar surface area (TPSA) is 40.6 Å². The molecule has 2 aromatic carbocycles. The Hall–Kier alpha value is -1.47. The minimum Gasteiger partial charge on any atom is -0.296 e. The molecule has 142 valence electrons. The van der Waals surface area contributed by atoms with Gasteiger partial charge in [0, 0.05) is 32.7 Å². The van der Waals surface area contributed by atoms with Crippen molar-refractivity contribution in [1.82, 2.24) is 9.21 Å². The van der Waals surface area contributed by atoms with Gasteiger partial charge in [-0.1, -0.05) is 29.8 Å². The molecule has 4 nitrogen and oxygen atoms in total. The highest BCUT2D eigenvalue weighted by Crippen LogP contribution is 2.22. The van der Waals surface area contributed by atoms with Crippen LogP contribution in [0.5, 0.6) is 0 Å². The van der Waals surface area contributed by atoms with Crippen LogP contribution in [0.3, 0.4) is 0 Å². The first-order valence-electron chi connectivity index (χ1n) is 8.40. The second-order valence-corrected chi connectivity index (χ2v) is 8.49. The van der Waals surface area contributed by atoms with Gasteiger partial charge in [0.1, 0.15) is 5.82 Å². The molecule has 0 radical (unpaired) electrons. The zero-order chi connectivity index (χ0) is 18.0. The van der Waals surface area contributed by atoms with E-state index in [9.17, 15) is 12.8 Å². The molecule has 0 aromatic heterocycles. The molecule has 0 amide bonds. The van der Waals surface area contributed by atoms with Crippen LogP contribution in [-0.2, 0) is 16.6 Å². The normalized spacial score (nSPS) is 16.3. The summed E-state index contributed by atoms with van der Waals surface area (Å²) in [5.41, 5.74) is 2.74. The van der Waals surface area contributed by atoms with Crippen LogP contribution in [-0.4, -0.2) is 43.8 Å². The highest BCUT2D eigenvalue weighted by molar-refractivity contribution is 7.89. The van der Waals surface area contributed by atoms with Gasteiger partial charge in [0.05, 0.1) is 4.90 Å². The summed E-state index contributed by atoms with van der Waals surface area (Å²) in [5.74, 6) is -0.242. The number of sulfonamides is 1. The number of nitrogens with zero attached hydrogens (tertiary/aromatic N) is 2. The number of halogens is 2. The number of hydrogen-bond donors (Lipinski definition) is 0. The fourth-order valence-electron chi connectivity index (χ4n) is 3.25. The standard InChI is InChI=1S/C19H23FN2O2S.ClH/c1-15-6-7-19(16(2)12-15)25(23,24)22-10-8-21(9-11-22)14-17-4-3-5-18(20)13-17;/h3-7,12-13H,8-11,14H2,1-2H3;1H. The van der Waals surface area contributed by atoms with Gasteiger partial charge in [0.2, 0.25) is 10.0 Å². The number of benzene rings is 2. The molecule has 26 heavy (non-hydrogen) atoms. The molecule has 1 aliphatic rings. The Balaban J connectivity index is 0.00000243. The Labute approximate surface area is 161 Å². The van der Waals surface area contributed by atoms with Crippen molar-refractivity contribution < 1.29 is 12.8 Å². The molecule has 0 aliphatic carbocycles. The van der Waals surface area contributed by atoms with Gasteiger partial charge in [0.15, 0.2) is 0 Å². The van der Waals surface area contributed by atoms with Crippen molar-refractivity contribution in [2.75, 3.05) is 26.2 Å². The molecule has 3 rings (SSSR count). The third kappa shape index (κ3) is 4.62. The molecular weight excluding hydrogens is 375 g/mol. The van der Waals surface area contributed by atoms with Crippen LogP contribution in [0, 0.1) is 19.7 Å². The fraction of sp³-hybridized carbons (Fsp3) is 0.368. The molecule has 0 unspecified atom stereocenters. The third-order valence-corrected chi connectivity index (χ3v) is 6.63. The molecule has 1 saturated heterocycles. The van der Waals surface area contributed by atoms with Gasteiger partial charge in [-0.15, -0.1) is 12.4 Å². The van der Waals surface area contributed by atoms with Crippen LogP contribution in [0.15, 0.2) is 47.4 Å². The Morgan fingerprint density at radius 1 is 1.00 bits per heavy atom. The molecule has 0 spiro atoms. The van der Waals surface area contributed by atoms with E-state index in [2.05, 4.69) is 4.90 Å². The molecule has 0 atom stereocenters. The summed E-state index contributed by atoms with van der Waals surface area (Å²) in [5, 5.41) is 0. The van der Waals surface area contributed by atoms with Gasteiger partial charge in [-0.2, -0.15) is 4.31 Å². The molecule has 7 heteroatoms. The lowest BCUT2D eigenvalue weighted by Crippen LogP contribution is -2.48. The van der Waals surface area contributed by atoms with Gasteiger partial charge >= 0.3 is 0 Å². The molecule has 1 fully saturated rings. The van der Waals surface area contributed by atoms with Crippen LogP contribution in [0.2, 0.25) is 0 Å². The summed E-state index contributed by atoms with van der Waals surface area (Å²) < 4.78 is 40.6. The van der Waals surface area contributed by atoms with Gasteiger partial charge in [-0.3, -0.25) is 4.90 Å². The van der Waals surface area contributed by atoms with Gasteiger partial charge in [0.25, 0.3) is 0 Å². The second kappa shape index (κ2) is 8.48. The Morgan fingerprint density at radius 2 is 1.69 bits per heavy atom. The van der Waals surface area contributed by atoms with Gasteiger partial charge in [-0.05, 0) is 43.2 Å². The monoisotopic (exact) mass is 398 g/mol. The SMILES string of the molecule is Cc1ccc(S(=O)(=O)N2CCN(Cc3cccc(F)c3)CC2)c(C)c1.Cl. The van der Waals surface area contributed by atoms with E-state index in [0.29, 0.717) is 37.6 Å². The summed E-state index contributed by atoms with van der Waals surface area (Å²) in [4.78, 5) is 2.54. The Kier molecular flexibility index (Phi) is 6.80. The summed E-state index contributed by atoms with van der Waals surface area (Å²) in [6.45, 7) is 6.60. The van der Waals surface area contributed by atoms with E-state index < -0.39 is 10.0 Å². The van der Waals surface area contributed by atoms with Crippen molar-refractivity contribution >= 4 is 22.4 Å². The molecule has 1 aliphatic heterocycles. The lowest BCUT2D eigenvalue weighted by atomic mass is 10.2. The molecular formula is C19H24ClFN2O2S. The first kappa shape index (κ1) is 20.8. The maximum Gasteiger partial charge on any atom is 0.243 e. The van der Waals surface area contributed by atoms with E-state index >= 15 is 0 Å². The van der Waals surface area contributed by atoms with E-state index in [1.54, 1.807) is 16.4 Å². The number of hydrogen-bond acceptors (Lipinski definition) is 3. The van der Waals surface area contributed by atoms with Crippen molar-refractivity contribution in [3.8, 4) is 0 Å². The predicted octanol–water partition coefficient (Wildman–Crippen LogP) is 3.37. The van der Waals surface area contributed by atoms with Gasteiger partial charge in [-0.25, -0.2) is 12.8 Å². The van der Waals surface area contributed by atoms with Crippen LogP contribution >= 0.6 is 12.4 Å². The van der Waals surface area contributed by atoms with Crippen LogP contribution in [0.1, 0.15) is 16.7 Å². The van der Waals surface area contributed by atoms with E-state index in [0.717, 1.165) is 16.7 Å². The van der Waals surface area contributed by atoms with E-state index in [1.165, 1.54) is 12.1 Å². The highest BCUT2D eigenvalue weighted by Gasteiger charge is 2.29. The van der Waals surface area contributed by atoms with E-state index in [4.69, 9.17) is 0 Å². The van der Waals surface area contributed by atoms with Crippen LogP contribution in [0.25, 0.3) is 0 Å². The lowest BCUT2D eigenvalue weighted by Gasteiger charge is -2.34. The van der Waals surface area contributed by atoms with Crippen molar-refractivity contribution in [3.05, 3.63) is 65.0 Å². The minimum absolute atomic E-state index is 0. The fourth-order valence-corrected chi connectivity index (χ4v) is 4.88. The number of piperazine rings is 1. The van der Waals surface area contributed by atoms with Crippen LogP contribution in [0.4, 0.5) is 4.39 Å². The Bertz CT molecular complexity index is 866. The molecule has 2 aromatic rings. The van der Waals surface area contributed by atoms with Crippen molar-refractivity contribution in [2.45, 2.75) is 25.3 Å². The Morgan fingerprint density at radius 3 is 2.31 bits per heavy atom. The number of rotatable bonds is 4. The minimum atomic E-state index is -3.47. The summed E-state index contributed by atoms with van der Waals surface area (Å²) in [7, 11) is -3.47. The van der Waals surface area contributed by atoms with E-state index in [1.807, 2.05) is 32.0 Å². The average molecular weight is 399 g/mol. The lowest BCUT2D eigenvalue weighted by molar-refractivity contribution is 0.181. The van der Waals surface area contributed by atoms with E-state index in [-0.39, 0.29) is 18.2 Å². The quantitative estimate of drug-likeness (QED) is 0.792. The maximum absolute atomic E-state index is 13.3. The molecule has 0 saturated carbocycles. The second-order valence-electron chi connectivity index (χ2n) is 6.58. The largest absolute Gasteiger partial charge is 0.296 e. The van der Waals surface area contributed by atoms with Crippen LogP contribution < -0.4 is 0 Å². The summed E-state index contributed by atoms with van der Waals surface area (Å²) in [6, 6.07) is 12.0. The third-order valence-electron chi connectivity index (χ3n) is 4.57. The summed E-state index contributed by atoms with van der Waals surface area (Å²) in [6.07, 6.45) is 0. The highest BCUT2D eigenvalue weighted by atomic mass is 35.5. The number of aryl methyl sites for hydroxylation is 2. The van der Waals surface area contributed by atoms with Crippen molar-refractivity contribution in [2.24, 2.45) is 0 Å².